The third kappa shape index (κ3) is 4.73. The standard InChI is InChI=1S/C23H17F4N5O2S/c24-15-3-7-18(19(25)9-15)22(33,12-32-21(35)30-13-31-32)23(26,27)20-8-6-17(11-29-20)34-16-4-1-14(10-28)2-5-16/h1-9,11,13,21,33,35H,12H2,(H,30,31). The van der Waals surface area contributed by atoms with Crippen LogP contribution in [0.5, 0.6) is 11.5 Å². The van der Waals surface area contributed by atoms with Crippen molar-refractivity contribution in [3.05, 3.63) is 89.2 Å². The minimum atomic E-state index is -4.16. The maximum absolute atomic E-state index is 15.8. The fourth-order valence-electron chi connectivity index (χ4n) is 3.44. The summed E-state index contributed by atoms with van der Waals surface area (Å²) in [6, 6.07) is 12.1. The van der Waals surface area contributed by atoms with Gasteiger partial charge in [0.25, 0.3) is 0 Å². The SMILES string of the molecule is N#Cc1ccc(Oc2ccc(C(F)(F)C(O)(CN3N=CNC3S)c3ccc(F)cc3F)nc2)cc1. The van der Waals surface area contributed by atoms with Gasteiger partial charge in [-0.1, -0.05) is 0 Å². The highest BCUT2D eigenvalue weighted by atomic mass is 32.1. The van der Waals surface area contributed by atoms with Crippen molar-refractivity contribution in [2.24, 2.45) is 5.10 Å². The summed E-state index contributed by atoms with van der Waals surface area (Å²) in [5, 5.41) is 27.6. The summed E-state index contributed by atoms with van der Waals surface area (Å²) in [6.07, 6.45) is 2.20. The number of rotatable bonds is 7. The van der Waals surface area contributed by atoms with Gasteiger partial charge in [-0.15, -0.1) is 12.6 Å². The normalized spacial score (nSPS) is 16.9. The molecule has 7 nitrogen and oxygen atoms in total. The van der Waals surface area contributed by atoms with Gasteiger partial charge in [0.15, 0.2) is 11.1 Å². The number of hydrazone groups is 1. The lowest BCUT2D eigenvalue weighted by Crippen LogP contribution is -2.52. The van der Waals surface area contributed by atoms with E-state index >= 15 is 8.78 Å². The third-order valence-electron chi connectivity index (χ3n) is 5.28. The zero-order valence-electron chi connectivity index (χ0n) is 17.7. The van der Waals surface area contributed by atoms with Gasteiger partial charge in [-0.2, -0.15) is 19.1 Å². The van der Waals surface area contributed by atoms with Gasteiger partial charge in [0.05, 0.1) is 24.4 Å². The molecule has 1 aliphatic heterocycles. The molecule has 12 heteroatoms. The van der Waals surface area contributed by atoms with E-state index in [1.807, 2.05) is 6.07 Å². The fourth-order valence-corrected chi connectivity index (χ4v) is 3.64. The number of benzene rings is 2. The Labute approximate surface area is 202 Å². The van der Waals surface area contributed by atoms with Crippen molar-refractivity contribution in [1.82, 2.24) is 15.3 Å². The number of aliphatic hydroxyl groups is 1. The minimum absolute atomic E-state index is 0.106. The summed E-state index contributed by atoms with van der Waals surface area (Å²) in [7, 11) is 0. The average molecular weight is 503 g/mol. The van der Waals surface area contributed by atoms with Crippen LogP contribution in [0.2, 0.25) is 0 Å². The number of nitrogens with zero attached hydrogens (tertiary/aromatic N) is 4. The molecule has 0 spiro atoms. The molecule has 0 saturated heterocycles. The smallest absolute Gasteiger partial charge is 0.323 e. The van der Waals surface area contributed by atoms with Crippen molar-refractivity contribution >= 4 is 19.0 Å². The van der Waals surface area contributed by atoms with E-state index in [-0.39, 0.29) is 5.75 Å². The molecule has 2 heterocycles. The lowest BCUT2D eigenvalue weighted by Gasteiger charge is -2.38. The number of halogens is 4. The molecule has 0 radical (unpaired) electrons. The molecule has 1 aliphatic rings. The lowest BCUT2D eigenvalue weighted by atomic mass is 9.84. The van der Waals surface area contributed by atoms with E-state index in [1.165, 1.54) is 36.7 Å². The number of nitriles is 1. The summed E-state index contributed by atoms with van der Waals surface area (Å²) in [4.78, 5) is 3.74. The van der Waals surface area contributed by atoms with Crippen LogP contribution in [0.4, 0.5) is 17.6 Å². The number of hydrogen-bond acceptors (Lipinski definition) is 8. The number of β-amino-alcohol motifs (C(OH)–C–C–N with tert-alkyl or cyclic N) is 1. The second-order valence-electron chi connectivity index (χ2n) is 7.56. The van der Waals surface area contributed by atoms with Gasteiger partial charge < -0.3 is 15.2 Å². The summed E-state index contributed by atoms with van der Waals surface area (Å²) in [5.74, 6) is -6.07. The van der Waals surface area contributed by atoms with Crippen LogP contribution in [0.3, 0.4) is 0 Å². The topological polar surface area (TPSA) is 93.8 Å². The van der Waals surface area contributed by atoms with Gasteiger partial charge in [0, 0.05) is 11.6 Å². The Morgan fingerprint density at radius 2 is 1.83 bits per heavy atom. The molecule has 1 aromatic heterocycles. The number of aromatic nitrogens is 1. The molecule has 2 aromatic carbocycles. The Bertz CT molecular complexity index is 1280. The number of nitrogens with one attached hydrogen (secondary N) is 1. The molecule has 0 saturated carbocycles. The van der Waals surface area contributed by atoms with Crippen LogP contribution < -0.4 is 10.1 Å². The fraction of sp³-hybridized carbons (Fsp3) is 0.174. The first-order valence-electron chi connectivity index (χ1n) is 10.1. The van der Waals surface area contributed by atoms with E-state index < -0.39 is 46.5 Å². The number of pyridine rings is 1. The predicted molar refractivity (Wildman–Crippen MR) is 121 cm³/mol. The van der Waals surface area contributed by atoms with Crippen molar-refractivity contribution < 1.29 is 27.4 Å². The molecule has 180 valence electrons. The van der Waals surface area contributed by atoms with E-state index in [0.29, 0.717) is 17.4 Å². The molecule has 0 fully saturated rings. The highest BCUT2D eigenvalue weighted by Crippen LogP contribution is 2.47. The van der Waals surface area contributed by atoms with Crippen LogP contribution in [0.15, 0.2) is 65.9 Å². The molecule has 4 rings (SSSR count). The van der Waals surface area contributed by atoms with Crippen LogP contribution in [0.25, 0.3) is 0 Å². The lowest BCUT2D eigenvalue weighted by molar-refractivity contribution is -0.208. The summed E-state index contributed by atoms with van der Waals surface area (Å²) < 4.78 is 65.3. The van der Waals surface area contributed by atoms with E-state index in [2.05, 4.69) is 28.0 Å². The molecular formula is C23H17F4N5O2S. The van der Waals surface area contributed by atoms with Crippen LogP contribution in [0.1, 0.15) is 16.8 Å². The van der Waals surface area contributed by atoms with Gasteiger partial charge in [0.2, 0.25) is 0 Å². The van der Waals surface area contributed by atoms with Gasteiger partial charge in [-0.3, -0.25) is 9.99 Å². The van der Waals surface area contributed by atoms with Crippen molar-refractivity contribution in [1.29, 1.82) is 5.26 Å². The van der Waals surface area contributed by atoms with E-state index in [9.17, 15) is 13.9 Å². The average Bonchev–Trinajstić information content (AvgIpc) is 3.23. The van der Waals surface area contributed by atoms with Gasteiger partial charge in [-0.05, 0) is 48.5 Å². The molecular weight excluding hydrogens is 486 g/mol. The zero-order chi connectivity index (χ0) is 25.2. The molecule has 0 amide bonds. The van der Waals surface area contributed by atoms with Crippen molar-refractivity contribution in [3.8, 4) is 17.6 Å². The van der Waals surface area contributed by atoms with Gasteiger partial charge >= 0.3 is 5.92 Å². The molecule has 0 bridgehead atoms. The molecule has 2 unspecified atom stereocenters. The maximum atomic E-state index is 15.8. The highest BCUT2D eigenvalue weighted by Gasteiger charge is 2.58. The monoisotopic (exact) mass is 503 g/mol. The molecule has 0 aliphatic carbocycles. The number of alkyl halides is 2. The molecule has 2 atom stereocenters. The number of thiol groups is 1. The van der Waals surface area contributed by atoms with Crippen LogP contribution in [-0.4, -0.2) is 33.5 Å². The maximum Gasteiger partial charge on any atom is 0.323 e. The molecule has 2 N–H and O–H groups in total. The quantitative estimate of drug-likeness (QED) is 0.333. The Kier molecular flexibility index (Phi) is 6.56. The molecule has 3 aromatic rings. The van der Waals surface area contributed by atoms with E-state index in [1.54, 1.807) is 0 Å². The number of ether oxygens (including phenoxy) is 1. The van der Waals surface area contributed by atoms with Crippen molar-refractivity contribution in [2.45, 2.75) is 17.0 Å². The van der Waals surface area contributed by atoms with Crippen LogP contribution in [-0.2, 0) is 11.5 Å². The van der Waals surface area contributed by atoms with Gasteiger partial charge in [0.1, 0.15) is 35.2 Å². The Hall–Kier alpha value is -3.82. The Morgan fingerprint density at radius 1 is 1.11 bits per heavy atom. The predicted octanol–water partition coefficient (Wildman–Crippen LogP) is 4.07. The van der Waals surface area contributed by atoms with Crippen LogP contribution >= 0.6 is 12.6 Å². The van der Waals surface area contributed by atoms with E-state index in [0.717, 1.165) is 29.4 Å². The Balaban J connectivity index is 1.68. The minimum Gasteiger partial charge on any atom is -0.456 e. The summed E-state index contributed by atoms with van der Waals surface area (Å²) in [6.45, 7) is -0.897. The molecule has 35 heavy (non-hydrogen) atoms. The largest absolute Gasteiger partial charge is 0.456 e. The summed E-state index contributed by atoms with van der Waals surface area (Å²) in [5.41, 5.74) is -5.39. The second-order valence-corrected chi connectivity index (χ2v) is 8.05. The second kappa shape index (κ2) is 9.44. The van der Waals surface area contributed by atoms with Crippen LogP contribution in [0, 0.1) is 23.0 Å². The Morgan fingerprint density at radius 3 is 2.40 bits per heavy atom. The van der Waals surface area contributed by atoms with E-state index in [4.69, 9.17) is 10.00 Å². The number of hydrogen-bond donors (Lipinski definition) is 3. The van der Waals surface area contributed by atoms with Crippen molar-refractivity contribution in [3.63, 3.8) is 0 Å². The first kappa shape index (κ1) is 24.3. The summed E-state index contributed by atoms with van der Waals surface area (Å²) >= 11 is 4.14. The first-order valence-corrected chi connectivity index (χ1v) is 10.6. The van der Waals surface area contributed by atoms with Gasteiger partial charge in [-0.25, -0.2) is 8.78 Å². The third-order valence-corrected chi connectivity index (χ3v) is 5.69. The highest BCUT2D eigenvalue weighted by molar-refractivity contribution is 7.80. The van der Waals surface area contributed by atoms with Crippen molar-refractivity contribution in [2.75, 3.05) is 6.54 Å². The zero-order valence-corrected chi connectivity index (χ0v) is 18.6. The first-order chi connectivity index (χ1) is 16.6.